The Bertz CT molecular complexity index is 1120. The van der Waals surface area contributed by atoms with Gasteiger partial charge in [-0.1, -0.05) is 48.9 Å². The summed E-state index contributed by atoms with van der Waals surface area (Å²) in [4.78, 5) is 38.2. The summed E-state index contributed by atoms with van der Waals surface area (Å²) in [6.45, 7) is 0.218. The molecule has 3 N–H and O–H groups in total. The van der Waals surface area contributed by atoms with Crippen LogP contribution in [0.5, 0.6) is 11.5 Å². The molecule has 1 atom stereocenters. The number of aliphatic hydroxyl groups is 1. The number of aliphatic hydroxyl groups excluding tert-OH is 1. The van der Waals surface area contributed by atoms with Crippen molar-refractivity contribution in [3.05, 3.63) is 77.1 Å². The maximum absolute atomic E-state index is 13.1. The number of amides is 1. The lowest BCUT2D eigenvalue weighted by molar-refractivity contribution is -0.137. The SMILES string of the molecule is COc1cc([C@H]2C(C(=O)C=Cc3ccccc3)=C(O)C(=O)N2CCCCCC(=O)O)ccc1O. The number of unbranched alkanes of at least 4 members (excludes halogenated alkanes) is 2. The van der Waals surface area contributed by atoms with Gasteiger partial charge < -0.3 is 25.0 Å². The maximum atomic E-state index is 13.1. The van der Waals surface area contributed by atoms with Crippen LogP contribution < -0.4 is 4.74 Å². The number of ether oxygens (including phenoxy) is 1. The smallest absolute Gasteiger partial charge is 0.303 e. The largest absolute Gasteiger partial charge is 0.504 e. The van der Waals surface area contributed by atoms with E-state index in [-0.39, 0.29) is 30.0 Å². The summed E-state index contributed by atoms with van der Waals surface area (Å²) in [5.74, 6) is -2.62. The van der Waals surface area contributed by atoms with E-state index in [1.54, 1.807) is 12.1 Å². The molecule has 0 unspecified atom stereocenters. The van der Waals surface area contributed by atoms with Crippen molar-refractivity contribution in [3.63, 3.8) is 0 Å². The average molecular weight is 466 g/mol. The second-order valence-electron chi connectivity index (χ2n) is 7.91. The summed E-state index contributed by atoms with van der Waals surface area (Å²) in [6, 6.07) is 12.8. The van der Waals surface area contributed by atoms with Gasteiger partial charge in [0, 0.05) is 13.0 Å². The van der Waals surface area contributed by atoms with Gasteiger partial charge >= 0.3 is 5.97 Å². The number of rotatable bonds is 11. The first-order valence-corrected chi connectivity index (χ1v) is 10.9. The van der Waals surface area contributed by atoms with Crippen LogP contribution in [-0.4, -0.2) is 51.5 Å². The van der Waals surface area contributed by atoms with Crippen molar-refractivity contribution >= 4 is 23.7 Å². The van der Waals surface area contributed by atoms with Crippen LogP contribution in [0, 0.1) is 0 Å². The van der Waals surface area contributed by atoms with E-state index in [1.807, 2.05) is 30.3 Å². The van der Waals surface area contributed by atoms with Gasteiger partial charge in [-0.25, -0.2) is 0 Å². The molecule has 1 amide bonds. The Balaban J connectivity index is 1.91. The van der Waals surface area contributed by atoms with E-state index in [1.165, 1.54) is 30.2 Å². The summed E-state index contributed by atoms with van der Waals surface area (Å²) >= 11 is 0. The Labute approximate surface area is 197 Å². The quantitative estimate of drug-likeness (QED) is 0.338. The average Bonchev–Trinajstić information content (AvgIpc) is 3.08. The molecule has 8 heteroatoms. The van der Waals surface area contributed by atoms with Gasteiger partial charge in [-0.05, 0) is 42.2 Å². The normalized spacial score (nSPS) is 15.9. The lowest BCUT2D eigenvalue weighted by Crippen LogP contribution is -2.32. The summed E-state index contributed by atoms with van der Waals surface area (Å²) in [5.41, 5.74) is 1.22. The molecular weight excluding hydrogens is 438 g/mol. The van der Waals surface area contributed by atoms with Crippen molar-refractivity contribution in [1.29, 1.82) is 0 Å². The Morgan fingerprint density at radius 3 is 2.47 bits per heavy atom. The van der Waals surface area contributed by atoms with Gasteiger partial charge in [0.05, 0.1) is 18.7 Å². The molecule has 1 aliphatic heterocycles. The van der Waals surface area contributed by atoms with E-state index in [4.69, 9.17) is 9.84 Å². The molecule has 178 valence electrons. The highest BCUT2D eigenvalue weighted by Gasteiger charge is 2.42. The standard InChI is InChI=1S/C26H27NO7/c1-34-21-16-18(12-14-19(21)28)24-23(20(29)13-11-17-8-4-2-5-9-17)25(32)26(33)27(24)15-7-3-6-10-22(30)31/h2,4-5,8-9,11-14,16,24,28,32H,3,6-7,10,15H2,1H3,(H,30,31)/t24-/m0/s1. The van der Waals surface area contributed by atoms with Crippen LogP contribution in [0.2, 0.25) is 0 Å². The number of carboxylic acids is 1. The van der Waals surface area contributed by atoms with Gasteiger partial charge in [-0.3, -0.25) is 14.4 Å². The van der Waals surface area contributed by atoms with Crippen molar-refractivity contribution in [2.45, 2.75) is 31.7 Å². The number of allylic oxidation sites excluding steroid dienone is 1. The van der Waals surface area contributed by atoms with Crippen molar-refractivity contribution in [1.82, 2.24) is 4.90 Å². The number of nitrogens with zero attached hydrogens (tertiary/aromatic N) is 1. The van der Waals surface area contributed by atoms with Crippen LogP contribution >= 0.6 is 0 Å². The molecule has 3 rings (SSSR count). The van der Waals surface area contributed by atoms with E-state index in [0.29, 0.717) is 24.8 Å². The van der Waals surface area contributed by atoms with Crippen LogP contribution in [0.15, 0.2) is 65.9 Å². The van der Waals surface area contributed by atoms with E-state index in [2.05, 4.69) is 0 Å². The Hall–Kier alpha value is -4.07. The number of hydrogen-bond acceptors (Lipinski definition) is 6. The molecule has 1 aliphatic rings. The van der Waals surface area contributed by atoms with Gasteiger partial charge in [0.25, 0.3) is 5.91 Å². The second-order valence-corrected chi connectivity index (χ2v) is 7.91. The number of hydrogen-bond donors (Lipinski definition) is 3. The third kappa shape index (κ3) is 5.64. The zero-order valence-electron chi connectivity index (χ0n) is 18.8. The number of carboxylic acid groups (broad SMARTS) is 1. The highest BCUT2D eigenvalue weighted by Crippen LogP contribution is 2.40. The first-order chi connectivity index (χ1) is 16.3. The molecule has 0 aromatic heterocycles. The summed E-state index contributed by atoms with van der Waals surface area (Å²) in [5, 5.41) is 29.5. The number of ketones is 1. The summed E-state index contributed by atoms with van der Waals surface area (Å²) < 4.78 is 5.18. The predicted molar refractivity (Wildman–Crippen MR) is 125 cm³/mol. The number of aliphatic carboxylic acids is 1. The minimum absolute atomic E-state index is 0.0318. The van der Waals surface area contributed by atoms with Gasteiger partial charge in [-0.2, -0.15) is 0 Å². The highest BCUT2D eigenvalue weighted by atomic mass is 16.5. The maximum Gasteiger partial charge on any atom is 0.303 e. The van der Waals surface area contributed by atoms with E-state index in [0.717, 1.165) is 5.56 Å². The van der Waals surface area contributed by atoms with E-state index in [9.17, 15) is 24.6 Å². The number of phenols is 1. The number of aromatic hydroxyl groups is 1. The first kappa shape index (κ1) is 24.6. The molecule has 0 radical (unpaired) electrons. The fraction of sp³-hybridized carbons (Fsp3) is 0.269. The molecule has 34 heavy (non-hydrogen) atoms. The lowest BCUT2D eigenvalue weighted by Gasteiger charge is -2.27. The molecule has 0 saturated carbocycles. The third-order valence-corrected chi connectivity index (χ3v) is 5.61. The van der Waals surface area contributed by atoms with Crippen molar-refractivity contribution < 1.29 is 34.4 Å². The Kier molecular flexibility index (Phi) is 8.08. The van der Waals surface area contributed by atoms with Crippen LogP contribution in [0.1, 0.15) is 42.9 Å². The molecule has 0 aliphatic carbocycles. The summed E-state index contributed by atoms with van der Waals surface area (Å²) in [7, 11) is 1.39. The fourth-order valence-corrected chi connectivity index (χ4v) is 3.91. The number of methoxy groups -OCH3 is 1. The molecule has 1 heterocycles. The highest BCUT2D eigenvalue weighted by molar-refractivity contribution is 6.14. The minimum atomic E-state index is -0.885. The van der Waals surface area contributed by atoms with E-state index >= 15 is 0 Å². The van der Waals surface area contributed by atoms with Gasteiger partial charge in [-0.15, -0.1) is 0 Å². The summed E-state index contributed by atoms with van der Waals surface area (Å²) in [6.07, 6.45) is 4.48. The predicted octanol–water partition coefficient (Wildman–Crippen LogP) is 4.02. The fourth-order valence-electron chi connectivity index (χ4n) is 3.91. The molecule has 0 fully saturated rings. The van der Waals surface area contributed by atoms with Crippen molar-refractivity contribution in [2.75, 3.05) is 13.7 Å². The zero-order valence-corrected chi connectivity index (χ0v) is 18.8. The van der Waals surface area contributed by atoms with Crippen LogP contribution in [0.4, 0.5) is 0 Å². The van der Waals surface area contributed by atoms with Crippen LogP contribution in [0.25, 0.3) is 6.08 Å². The molecule has 8 nitrogen and oxygen atoms in total. The molecular formula is C26H27NO7. The minimum Gasteiger partial charge on any atom is -0.504 e. The topological polar surface area (TPSA) is 124 Å². The Morgan fingerprint density at radius 2 is 1.79 bits per heavy atom. The van der Waals surface area contributed by atoms with Gasteiger partial charge in [0.15, 0.2) is 23.0 Å². The molecule has 0 saturated heterocycles. The van der Waals surface area contributed by atoms with Crippen molar-refractivity contribution in [2.24, 2.45) is 0 Å². The number of carbonyl (C=O) groups is 3. The Morgan fingerprint density at radius 1 is 1.06 bits per heavy atom. The van der Waals surface area contributed by atoms with E-state index < -0.39 is 29.5 Å². The lowest BCUT2D eigenvalue weighted by atomic mass is 9.95. The van der Waals surface area contributed by atoms with Crippen LogP contribution in [-0.2, 0) is 14.4 Å². The van der Waals surface area contributed by atoms with Gasteiger partial charge in [0.2, 0.25) is 0 Å². The second kappa shape index (κ2) is 11.2. The van der Waals surface area contributed by atoms with Gasteiger partial charge in [0.1, 0.15) is 0 Å². The monoisotopic (exact) mass is 465 g/mol. The number of phenolic OH excluding ortho intramolecular Hbond substituents is 1. The van der Waals surface area contributed by atoms with Crippen LogP contribution in [0.3, 0.4) is 0 Å². The van der Waals surface area contributed by atoms with Crippen molar-refractivity contribution in [3.8, 4) is 11.5 Å². The number of carbonyl (C=O) groups excluding carboxylic acids is 2. The molecule has 2 aromatic rings. The molecule has 0 bridgehead atoms. The molecule has 0 spiro atoms. The number of benzene rings is 2. The molecule has 2 aromatic carbocycles. The first-order valence-electron chi connectivity index (χ1n) is 10.9. The third-order valence-electron chi connectivity index (χ3n) is 5.61. The zero-order chi connectivity index (χ0) is 24.7.